The van der Waals surface area contributed by atoms with Crippen LogP contribution in [0.15, 0.2) is 24.3 Å². The van der Waals surface area contributed by atoms with Gasteiger partial charge in [0.2, 0.25) is 17.7 Å². The lowest BCUT2D eigenvalue weighted by Crippen LogP contribution is -2.57. The van der Waals surface area contributed by atoms with Gasteiger partial charge in [-0.2, -0.15) is 0 Å². The molecule has 9 heteroatoms. The molecular weight excluding hydrogens is 438 g/mol. The number of carbonyl (C=O) groups is 3. The molecular formula is C25H35N3O6. The number of aliphatic hydroxyl groups excluding tert-OH is 1. The molecule has 1 aromatic carbocycles. The maximum atomic E-state index is 13.7. The van der Waals surface area contributed by atoms with Crippen molar-refractivity contribution < 1.29 is 29.0 Å². The second-order valence-corrected chi connectivity index (χ2v) is 10.1. The van der Waals surface area contributed by atoms with Gasteiger partial charge in [-0.05, 0) is 64.3 Å². The highest BCUT2D eigenvalue weighted by atomic mass is 16.5. The lowest BCUT2D eigenvalue weighted by molar-refractivity contribution is -0.146. The van der Waals surface area contributed by atoms with Crippen LogP contribution in [0.5, 0.6) is 5.75 Å². The Morgan fingerprint density at radius 1 is 1.26 bits per heavy atom. The van der Waals surface area contributed by atoms with Crippen molar-refractivity contribution >= 4 is 23.4 Å². The van der Waals surface area contributed by atoms with Crippen molar-refractivity contribution in [3.05, 3.63) is 24.3 Å². The molecule has 3 N–H and O–H groups in total. The third kappa shape index (κ3) is 3.65. The summed E-state index contributed by atoms with van der Waals surface area (Å²) in [5.74, 6) is -1.86. The lowest BCUT2D eigenvalue weighted by atomic mass is 9.62. The van der Waals surface area contributed by atoms with Crippen LogP contribution < -0.4 is 15.4 Å². The first-order valence-electron chi connectivity index (χ1n) is 12.0. The average Bonchev–Trinajstić information content (AvgIpc) is 3.27. The molecule has 3 fully saturated rings. The summed E-state index contributed by atoms with van der Waals surface area (Å²) in [4.78, 5) is 42.0. The van der Waals surface area contributed by atoms with Crippen LogP contribution in [0.1, 0.15) is 41.0 Å². The molecule has 3 saturated heterocycles. The third-order valence-electron chi connectivity index (χ3n) is 7.55. The van der Waals surface area contributed by atoms with Crippen LogP contribution in [0.25, 0.3) is 0 Å². The van der Waals surface area contributed by atoms with E-state index in [1.807, 2.05) is 34.6 Å². The van der Waals surface area contributed by atoms with Crippen molar-refractivity contribution in [3.8, 4) is 5.75 Å². The van der Waals surface area contributed by atoms with Crippen molar-refractivity contribution in [2.24, 2.45) is 17.8 Å². The quantitative estimate of drug-likeness (QED) is 0.528. The summed E-state index contributed by atoms with van der Waals surface area (Å²) in [6.07, 6.45) is 0.491. The number of nitrogens with zero attached hydrogens (tertiary/aromatic N) is 1. The van der Waals surface area contributed by atoms with Crippen molar-refractivity contribution in [2.75, 3.05) is 25.1 Å². The predicted molar refractivity (Wildman–Crippen MR) is 125 cm³/mol. The number of anilines is 1. The van der Waals surface area contributed by atoms with Gasteiger partial charge in [0, 0.05) is 18.3 Å². The van der Waals surface area contributed by atoms with Crippen LogP contribution in [0.3, 0.4) is 0 Å². The number of fused-ring (bicyclic) bond motifs is 1. The Balaban J connectivity index is 1.68. The fraction of sp³-hybridized carbons (Fsp3) is 0.640. The Bertz CT molecular complexity index is 966. The van der Waals surface area contributed by atoms with Gasteiger partial charge in [0.25, 0.3) is 0 Å². The molecule has 3 aliphatic rings. The summed E-state index contributed by atoms with van der Waals surface area (Å²) in [6, 6.07) is 6.04. The largest absolute Gasteiger partial charge is 0.494 e. The number of ether oxygens (including phenoxy) is 2. The molecule has 3 unspecified atom stereocenters. The van der Waals surface area contributed by atoms with Crippen LogP contribution >= 0.6 is 0 Å². The normalized spacial score (nSPS) is 33.9. The molecule has 3 amide bonds. The summed E-state index contributed by atoms with van der Waals surface area (Å²) in [5.41, 5.74) is -1.41. The first-order valence-corrected chi connectivity index (χ1v) is 12.0. The molecule has 34 heavy (non-hydrogen) atoms. The first-order chi connectivity index (χ1) is 16.1. The Kier molecular flexibility index (Phi) is 6.37. The van der Waals surface area contributed by atoms with Gasteiger partial charge in [0.05, 0.1) is 30.7 Å². The molecule has 2 bridgehead atoms. The van der Waals surface area contributed by atoms with E-state index in [1.165, 1.54) is 4.90 Å². The van der Waals surface area contributed by atoms with Gasteiger partial charge in [-0.3, -0.25) is 14.4 Å². The van der Waals surface area contributed by atoms with Crippen LogP contribution in [0, 0.1) is 17.8 Å². The third-order valence-corrected chi connectivity index (χ3v) is 7.55. The zero-order valence-corrected chi connectivity index (χ0v) is 20.5. The van der Waals surface area contributed by atoms with E-state index < -0.39 is 29.1 Å². The number of hydrogen-bond donors (Lipinski definition) is 3. The molecule has 3 aliphatic heterocycles. The minimum Gasteiger partial charge on any atom is -0.494 e. The van der Waals surface area contributed by atoms with Crippen molar-refractivity contribution in [3.63, 3.8) is 0 Å². The number of carbonyl (C=O) groups excluding carboxylic acids is 3. The Morgan fingerprint density at radius 2 is 1.94 bits per heavy atom. The molecule has 9 nitrogen and oxygen atoms in total. The number of benzene rings is 1. The highest BCUT2D eigenvalue weighted by Crippen LogP contribution is 2.65. The summed E-state index contributed by atoms with van der Waals surface area (Å²) in [6.45, 7) is 9.74. The van der Waals surface area contributed by atoms with Crippen molar-refractivity contribution in [1.82, 2.24) is 10.2 Å². The Morgan fingerprint density at radius 3 is 2.53 bits per heavy atom. The zero-order chi connectivity index (χ0) is 24.8. The van der Waals surface area contributed by atoms with E-state index in [0.717, 1.165) is 0 Å². The SMILES string of the molecule is CCOc1ccc(NC(=O)[C@@H]2[C@H]3C(=O)N(CCO)C(C(=O)NC(C)C)C34CC(C)[C@@]2(C)O4)cc1. The van der Waals surface area contributed by atoms with Crippen molar-refractivity contribution in [2.45, 2.75) is 64.3 Å². The van der Waals surface area contributed by atoms with Crippen LogP contribution in [-0.2, 0) is 19.1 Å². The van der Waals surface area contributed by atoms with Crippen LogP contribution in [-0.4, -0.2) is 70.8 Å². The molecule has 1 spiro atoms. The minimum atomic E-state index is -1.11. The molecule has 0 saturated carbocycles. The second-order valence-electron chi connectivity index (χ2n) is 10.1. The number of aliphatic hydroxyl groups is 1. The maximum Gasteiger partial charge on any atom is 0.246 e. The smallest absolute Gasteiger partial charge is 0.246 e. The fourth-order valence-corrected chi connectivity index (χ4v) is 6.17. The molecule has 6 atom stereocenters. The maximum absolute atomic E-state index is 13.7. The van der Waals surface area contributed by atoms with Gasteiger partial charge >= 0.3 is 0 Å². The van der Waals surface area contributed by atoms with Gasteiger partial charge in [0.15, 0.2) is 0 Å². The van der Waals surface area contributed by atoms with Crippen LogP contribution in [0.4, 0.5) is 5.69 Å². The minimum absolute atomic E-state index is 0.00888. The van der Waals surface area contributed by atoms with Gasteiger partial charge in [0.1, 0.15) is 17.4 Å². The number of amides is 3. The van der Waals surface area contributed by atoms with Gasteiger partial charge in [-0.15, -0.1) is 0 Å². The lowest BCUT2D eigenvalue weighted by Gasteiger charge is -2.36. The fourth-order valence-electron chi connectivity index (χ4n) is 6.17. The Hall–Kier alpha value is -2.65. The van der Waals surface area contributed by atoms with Gasteiger partial charge in [-0.1, -0.05) is 6.92 Å². The van der Waals surface area contributed by atoms with E-state index in [2.05, 4.69) is 10.6 Å². The molecule has 0 aliphatic carbocycles. The van der Waals surface area contributed by atoms with E-state index in [-0.39, 0.29) is 42.8 Å². The summed E-state index contributed by atoms with van der Waals surface area (Å²) >= 11 is 0. The summed E-state index contributed by atoms with van der Waals surface area (Å²) < 4.78 is 12.0. The average molecular weight is 474 g/mol. The Labute approximate surface area is 200 Å². The standard InChI is InChI=1S/C25H35N3O6/c1-6-33-17-9-7-16(8-10-17)27-21(30)18-19-23(32)28(11-12-29)20(22(31)26-14(2)3)25(19)13-15(4)24(18,5)34-25/h7-10,14-15,18-20,29H,6,11-13H2,1-5H3,(H,26,31)(H,27,30)/t15?,18-,19-,20?,24+,25?/m0/s1. The van der Waals surface area contributed by atoms with E-state index in [1.54, 1.807) is 24.3 Å². The van der Waals surface area contributed by atoms with E-state index in [4.69, 9.17) is 9.47 Å². The number of hydrogen-bond acceptors (Lipinski definition) is 6. The molecule has 186 valence electrons. The number of likely N-dealkylation sites (tertiary alicyclic amines) is 1. The summed E-state index contributed by atoms with van der Waals surface area (Å²) in [5, 5.41) is 15.5. The van der Waals surface area contributed by atoms with Crippen LogP contribution in [0.2, 0.25) is 0 Å². The van der Waals surface area contributed by atoms with Crippen molar-refractivity contribution in [1.29, 1.82) is 0 Å². The van der Waals surface area contributed by atoms with E-state index in [9.17, 15) is 19.5 Å². The van der Waals surface area contributed by atoms with Gasteiger partial charge < -0.3 is 30.1 Å². The molecule has 3 heterocycles. The summed E-state index contributed by atoms with van der Waals surface area (Å²) in [7, 11) is 0. The number of nitrogens with one attached hydrogen (secondary N) is 2. The molecule has 4 rings (SSSR count). The molecule has 0 aromatic heterocycles. The monoisotopic (exact) mass is 473 g/mol. The highest BCUT2D eigenvalue weighted by Gasteiger charge is 2.79. The first kappa shape index (κ1) is 24.5. The second kappa shape index (κ2) is 8.85. The topological polar surface area (TPSA) is 117 Å². The van der Waals surface area contributed by atoms with Gasteiger partial charge in [-0.25, -0.2) is 0 Å². The zero-order valence-electron chi connectivity index (χ0n) is 20.5. The van der Waals surface area contributed by atoms with E-state index >= 15 is 0 Å². The number of rotatable bonds is 8. The molecule has 0 radical (unpaired) electrons. The highest BCUT2D eigenvalue weighted by molar-refractivity contribution is 6.02. The molecule has 1 aromatic rings. The predicted octanol–water partition coefficient (Wildman–Crippen LogP) is 1.55. The van der Waals surface area contributed by atoms with E-state index in [0.29, 0.717) is 24.5 Å². The number of β-amino-alcohol motifs (C(OH)–C–C–N with tert-alkyl or cyclic N) is 1.